The van der Waals surface area contributed by atoms with Gasteiger partial charge in [-0.05, 0) is 29.5 Å². The van der Waals surface area contributed by atoms with Gasteiger partial charge in [0.15, 0.2) is 5.13 Å². The van der Waals surface area contributed by atoms with Gasteiger partial charge in [0.05, 0.1) is 11.4 Å². The summed E-state index contributed by atoms with van der Waals surface area (Å²) < 4.78 is 5.29. The van der Waals surface area contributed by atoms with Gasteiger partial charge in [-0.1, -0.05) is 31.2 Å². The Kier molecular flexibility index (Phi) is 5.80. The number of aromatic nitrogens is 1. The molecule has 3 rings (SSSR count). The summed E-state index contributed by atoms with van der Waals surface area (Å²) in [5, 5.41) is 4.20. The van der Waals surface area contributed by atoms with Crippen LogP contribution in [0.5, 0.6) is 0 Å². The molecular formula is C19H18N2O3S2. The van der Waals surface area contributed by atoms with Crippen LogP contribution >= 0.6 is 22.7 Å². The quantitative estimate of drug-likeness (QED) is 0.571. The number of hydrogen-bond acceptors (Lipinski definition) is 6. The molecule has 0 aliphatic heterocycles. The van der Waals surface area contributed by atoms with Gasteiger partial charge in [-0.15, -0.1) is 22.7 Å². The topological polar surface area (TPSA) is 59.5 Å². The lowest BCUT2D eigenvalue weighted by Gasteiger charge is -2.20. The lowest BCUT2D eigenvalue weighted by atomic mass is 10.1. The molecule has 1 aromatic carbocycles. The summed E-state index contributed by atoms with van der Waals surface area (Å²) in [6, 6.07) is 11.3. The number of amides is 1. The molecule has 0 fully saturated rings. The Morgan fingerprint density at radius 2 is 1.96 bits per heavy atom. The van der Waals surface area contributed by atoms with Gasteiger partial charge in [0.1, 0.15) is 11.5 Å². The third kappa shape index (κ3) is 4.00. The maximum Gasteiger partial charge on any atom is 0.348 e. The maximum absolute atomic E-state index is 12.3. The second kappa shape index (κ2) is 8.25. The molecule has 26 heavy (non-hydrogen) atoms. The molecular weight excluding hydrogens is 368 g/mol. The minimum absolute atomic E-state index is 0.0778. The number of hydrogen-bond donors (Lipinski definition) is 0. The van der Waals surface area contributed by atoms with Crippen molar-refractivity contribution in [2.24, 2.45) is 0 Å². The first-order chi connectivity index (χ1) is 12.6. The van der Waals surface area contributed by atoms with Crippen LogP contribution in [0.15, 0.2) is 47.2 Å². The van der Waals surface area contributed by atoms with Gasteiger partial charge in [-0.3, -0.25) is 9.69 Å². The molecule has 1 amide bonds. The lowest BCUT2D eigenvalue weighted by Crippen LogP contribution is -2.23. The van der Waals surface area contributed by atoms with E-state index in [0.29, 0.717) is 15.7 Å². The fourth-order valence-electron chi connectivity index (χ4n) is 2.51. The summed E-state index contributed by atoms with van der Waals surface area (Å²) in [4.78, 5) is 30.8. The molecule has 2 aromatic heterocycles. The predicted molar refractivity (Wildman–Crippen MR) is 104 cm³/mol. The van der Waals surface area contributed by atoms with Crippen LogP contribution < -0.4 is 4.90 Å². The summed E-state index contributed by atoms with van der Waals surface area (Å²) in [6.45, 7) is 3.65. The highest BCUT2D eigenvalue weighted by Gasteiger charge is 2.20. The molecule has 0 N–H and O–H groups in total. The van der Waals surface area contributed by atoms with Gasteiger partial charge in [0.25, 0.3) is 0 Å². The number of carbonyl (C=O) groups excluding carboxylic acids is 2. The molecule has 0 saturated carbocycles. The van der Waals surface area contributed by atoms with Crippen LogP contribution in [0.4, 0.5) is 10.8 Å². The zero-order valence-corrected chi connectivity index (χ0v) is 16.1. The van der Waals surface area contributed by atoms with E-state index in [1.54, 1.807) is 17.0 Å². The standard InChI is InChI=1S/C19H18N2O3S2/c1-3-14-7-4-5-8-16(14)21(13(2)22)19-20-15(12-26-19)11-24-18(23)17-9-6-10-25-17/h4-10,12H,3,11H2,1-2H3. The molecule has 3 aromatic rings. The Labute approximate surface area is 159 Å². The maximum atomic E-state index is 12.3. The number of carbonyl (C=O) groups is 2. The number of thiazole rings is 1. The molecule has 0 unspecified atom stereocenters. The average molecular weight is 386 g/mol. The van der Waals surface area contributed by atoms with Crippen LogP contribution in [0.2, 0.25) is 0 Å². The zero-order valence-electron chi connectivity index (χ0n) is 14.5. The minimum Gasteiger partial charge on any atom is -0.455 e. The Bertz CT molecular complexity index is 903. The molecule has 5 nitrogen and oxygen atoms in total. The molecule has 0 atom stereocenters. The number of esters is 1. The van der Waals surface area contributed by atoms with Crippen LogP contribution in [0.25, 0.3) is 0 Å². The number of thiophene rings is 1. The Morgan fingerprint density at radius 3 is 2.65 bits per heavy atom. The summed E-state index contributed by atoms with van der Waals surface area (Å²) in [6.07, 6.45) is 0.816. The third-order valence-corrected chi connectivity index (χ3v) is 5.46. The highest BCUT2D eigenvalue weighted by atomic mass is 32.1. The van der Waals surface area contributed by atoms with Crippen molar-refractivity contribution in [3.8, 4) is 0 Å². The van der Waals surface area contributed by atoms with E-state index in [0.717, 1.165) is 17.7 Å². The van der Waals surface area contributed by atoms with E-state index in [-0.39, 0.29) is 18.5 Å². The number of nitrogens with zero attached hydrogens (tertiary/aromatic N) is 2. The molecule has 0 aliphatic carbocycles. The number of aryl methyl sites for hydroxylation is 1. The van der Waals surface area contributed by atoms with Gasteiger partial charge in [-0.2, -0.15) is 0 Å². The SMILES string of the molecule is CCc1ccccc1N(C(C)=O)c1nc(COC(=O)c2cccs2)cs1. The summed E-state index contributed by atoms with van der Waals surface area (Å²) in [7, 11) is 0. The first-order valence-corrected chi connectivity index (χ1v) is 9.89. The molecule has 134 valence electrons. The number of rotatable bonds is 6. The largest absolute Gasteiger partial charge is 0.455 e. The second-order valence-corrected chi connectivity index (χ2v) is 7.30. The van der Waals surface area contributed by atoms with Gasteiger partial charge >= 0.3 is 5.97 Å². The Hall–Kier alpha value is -2.51. The van der Waals surface area contributed by atoms with Crippen molar-refractivity contribution in [2.45, 2.75) is 26.9 Å². The van der Waals surface area contributed by atoms with Crippen molar-refractivity contribution in [1.82, 2.24) is 4.98 Å². The summed E-state index contributed by atoms with van der Waals surface area (Å²) in [5.41, 5.74) is 2.53. The molecule has 0 radical (unpaired) electrons. The van der Waals surface area contributed by atoms with E-state index in [9.17, 15) is 9.59 Å². The van der Waals surface area contributed by atoms with Gasteiger partial charge in [0.2, 0.25) is 5.91 Å². The molecule has 2 heterocycles. The summed E-state index contributed by atoms with van der Waals surface area (Å²) in [5.74, 6) is -0.475. The molecule has 0 bridgehead atoms. The van der Waals surface area contributed by atoms with Gasteiger partial charge in [-0.25, -0.2) is 9.78 Å². The first-order valence-electron chi connectivity index (χ1n) is 8.13. The van der Waals surface area contributed by atoms with Crippen LogP contribution in [-0.4, -0.2) is 16.9 Å². The second-order valence-electron chi connectivity index (χ2n) is 5.51. The molecule has 0 spiro atoms. The molecule has 0 saturated heterocycles. The monoisotopic (exact) mass is 386 g/mol. The number of benzene rings is 1. The number of anilines is 2. The summed E-state index contributed by atoms with van der Waals surface area (Å²) >= 11 is 2.69. The van der Waals surface area contributed by atoms with E-state index in [4.69, 9.17) is 4.74 Å². The van der Waals surface area contributed by atoms with Crippen molar-refractivity contribution in [2.75, 3.05) is 4.90 Å². The zero-order chi connectivity index (χ0) is 18.5. The van der Waals surface area contributed by atoms with Crippen molar-refractivity contribution >= 4 is 45.4 Å². The van der Waals surface area contributed by atoms with Gasteiger partial charge < -0.3 is 4.74 Å². The van der Waals surface area contributed by atoms with Crippen molar-refractivity contribution in [3.05, 3.63) is 63.3 Å². The average Bonchev–Trinajstić information content (AvgIpc) is 3.32. The van der Waals surface area contributed by atoms with E-state index in [1.807, 2.05) is 35.0 Å². The Morgan fingerprint density at radius 1 is 1.15 bits per heavy atom. The minimum atomic E-state index is -0.366. The Balaban J connectivity index is 1.78. The predicted octanol–water partition coefficient (Wildman–Crippen LogP) is 4.81. The van der Waals surface area contributed by atoms with Crippen LogP contribution in [0.3, 0.4) is 0 Å². The van der Waals surface area contributed by atoms with E-state index in [1.165, 1.54) is 29.6 Å². The number of para-hydroxylation sites is 1. The van der Waals surface area contributed by atoms with Crippen LogP contribution in [-0.2, 0) is 22.6 Å². The smallest absolute Gasteiger partial charge is 0.348 e. The molecule has 7 heteroatoms. The van der Waals surface area contributed by atoms with Gasteiger partial charge in [0, 0.05) is 12.3 Å². The third-order valence-electron chi connectivity index (χ3n) is 3.73. The van der Waals surface area contributed by atoms with E-state index >= 15 is 0 Å². The highest BCUT2D eigenvalue weighted by Crippen LogP contribution is 2.32. The highest BCUT2D eigenvalue weighted by molar-refractivity contribution is 7.14. The van der Waals surface area contributed by atoms with E-state index in [2.05, 4.69) is 11.9 Å². The fraction of sp³-hybridized carbons (Fsp3) is 0.211. The van der Waals surface area contributed by atoms with Crippen molar-refractivity contribution < 1.29 is 14.3 Å². The normalized spacial score (nSPS) is 10.5. The molecule has 0 aliphatic rings. The first kappa shape index (κ1) is 18.3. The van der Waals surface area contributed by atoms with Crippen LogP contribution in [0.1, 0.15) is 34.8 Å². The fourth-order valence-corrected chi connectivity index (χ4v) is 3.99. The lowest BCUT2D eigenvalue weighted by molar-refractivity contribution is -0.115. The van der Waals surface area contributed by atoms with Crippen LogP contribution in [0, 0.1) is 0 Å². The number of ether oxygens (including phenoxy) is 1. The van der Waals surface area contributed by atoms with Crippen molar-refractivity contribution in [3.63, 3.8) is 0 Å². The van der Waals surface area contributed by atoms with Crippen molar-refractivity contribution in [1.29, 1.82) is 0 Å². The van der Waals surface area contributed by atoms with E-state index < -0.39 is 0 Å².